The predicted molar refractivity (Wildman–Crippen MR) is 101 cm³/mol. The number of halogens is 3. The Labute approximate surface area is 171 Å². The molecule has 0 spiro atoms. The molecule has 0 unspecified atom stereocenters. The van der Waals surface area contributed by atoms with Gasteiger partial charge in [-0.25, -0.2) is 12.7 Å². The number of alkyl halides is 3. The Kier molecular flexibility index (Phi) is 6.56. The number of rotatable bonds is 6. The summed E-state index contributed by atoms with van der Waals surface area (Å²) in [7, 11) is -3.19. The molecule has 2 N–H and O–H groups in total. The van der Waals surface area contributed by atoms with Gasteiger partial charge in [0.25, 0.3) is 0 Å². The van der Waals surface area contributed by atoms with Gasteiger partial charge >= 0.3 is 18.2 Å². The summed E-state index contributed by atoms with van der Waals surface area (Å²) in [6, 6.07) is 4.40. The summed E-state index contributed by atoms with van der Waals surface area (Å²) in [4.78, 5) is 23.9. The molecule has 12 heteroatoms. The molecule has 1 aliphatic heterocycles. The van der Waals surface area contributed by atoms with Crippen LogP contribution in [0.4, 0.5) is 18.9 Å². The molecule has 1 saturated heterocycles. The maximum Gasteiger partial charge on any atom is 0.573 e. The summed E-state index contributed by atoms with van der Waals surface area (Å²) < 4.78 is 66.1. The second kappa shape index (κ2) is 8.80. The molecule has 2 amide bonds. The van der Waals surface area contributed by atoms with E-state index in [9.17, 15) is 31.2 Å². The van der Waals surface area contributed by atoms with Gasteiger partial charge in [-0.05, 0) is 55.9 Å². The van der Waals surface area contributed by atoms with Crippen LogP contribution in [0.2, 0.25) is 0 Å². The minimum atomic E-state index is -4.82. The summed E-state index contributed by atoms with van der Waals surface area (Å²) in [5.74, 6) is -2.21. The highest BCUT2D eigenvalue weighted by Gasteiger charge is 2.41. The largest absolute Gasteiger partial charge is 0.573 e. The second-order valence-electron chi connectivity index (χ2n) is 7.32. The van der Waals surface area contributed by atoms with Gasteiger partial charge in [0, 0.05) is 25.3 Å². The highest BCUT2D eigenvalue weighted by molar-refractivity contribution is 7.90. The van der Waals surface area contributed by atoms with Crippen LogP contribution in [0.15, 0.2) is 24.3 Å². The number of carbonyl (C=O) groups excluding carboxylic acids is 2. The van der Waals surface area contributed by atoms with Crippen molar-refractivity contribution in [2.45, 2.75) is 37.3 Å². The summed E-state index contributed by atoms with van der Waals surface area (Å²) in [6.07, 6.45) is -2.21. The van der Waals surface area contributed by atoms with Crippen LogP contribution in [0.5, 0.6) is 5.75 Å². The van der Waals surface area contributed by atoms with Gasteiger partial charge in [-0.3, -0.25) is 9.59 Å². The first-order valence-corrected chi connectivity index (χ1v) is 11.0. The van der Waals surface area contributed by atoms with Gasteiger partial charge < -0.3 is 15.4 Å². The molecule has 1 aromatic carbocycles. The van der Waals surface area contributed by atoms with E-state index in [-0.39, 0.29) is 23.4 Å². The Hall–Kier alpha value is -2.34. The van der Waals surface area contributed by atoms with E-state index in [1.54, 1.807) is 0 Å². The van der Waals surface area contributed by atoms with Crippen LogP contribution in [0.3, 0.4) is 0 Å². The Morgan fingerprint density at radius 2 is 1.63 bits per heavy atom. The van der Waals surface area contributed by atoms with Crippen LogP contribution in [0.25, 0.3) is 0 Å². The van der Waals surface area contributed by atoms with Crippen molar-refractivity contribution in [2.24, 2.45) is 5.92 Å². The molecule has 1 saturated carbocycles. The zero-order chi connectivity index (χ0) is 21.9. The van der Waals surface area contributed by atoms with Gasteiger partial charge in [-0.15, -0.1) is 13.2 Å². The summed E-state index contributed by atoms with van der Waals surface area (Å²) in [5.41, 5.74) is 0.142. The van der Waals surface area contributed by atoms with Crippen molar-refractivity contribution >= 4 is 27.5 Å². The number of hydrogen-bond acceptors (Lipinski definition) is 5. The van der Waals surface area contributed by atoms with Gasteiger partial charge in [0.2, 0.25) is 10.0 Å². The van der Waals surface area contributed by atoms with Gasteiger partial charge in [0.15, 0.2) is 0 Å². The van der Waals surface area contributed by atoms with Crippen LogP contribution in [-0.2, 0) is 19.6 Å². The smallest absolute Gasteiger partial charge is 0.406 e. The van der Waals surface area contributed by atoms with Gasteiger partial charge in [-0.2, -0.15) is 0 Å². The highest BCUT2D eigenvalue weighted by Crippen LogP contribution is 2.33. The fraction of sp³-hybridized carbons (Fsp3) is 0.556. The van der Waals surface area contributed by atoms with E-state index in [0.29, 0.717) is 38.8 Å². The van der Waals surface area contributed by atoms with Crippen molar-refractivity contribution in [3.63, 3.8) is 0 Å². The molecule has 166 valence electrons. The Bertz CT molecular complexity index is 877. The fourth-order valence-corrected chi connectivity index (χ4v) is 5.06. The van der Waals surface area contributed by atoms with Crippen LogP contribution >= 0.6 is 0 Å². The first kappa shape index (κ1) is 22.3. The van der Waals surface area contributed by atoms with E-state index in [4.69, 9.17) is 0 Å². The lowest BCUT2D eigenvalue weighted by atomic mass is 9.98. The van der Waals surface area contributed by atoms with Crippen molar-refractivity contribution < 1.29 is 35.9 Å². The SMILES string of the molecule is O=C(NCC1CCN(S(=O)(=O)C2CC2)CC1)C(=O)Nc1ccc(OC(F)(F)F)cc1. The van der Waals surface area contributed by atoms with Crippen molar-refractivity contribution in [1.29, 1.82) is 0 Å². The first-order chi connectivity index (χ1) is 14.0. The normalized spacial score (nSPS) is 18.6. The van der Waals surface area contributed by atoms with Crippen LogP contribution in [-0.4, -0.2) is 55.8 Å². The number of nitrogens with zero attached hydrogens (tertiary/aromatic N) is 1. The van der Waals surface area contributed by atoms with E-state index in [2.05, 4.69) is 15.4 Å². The molecule has 0 radical (unpaired) electrons. The average Bonchev–Trinajstić information content (AvgIpc) is 3.52. The lowest BCUT2D eigenvalue weighted by Gasteiger charge is -2.31. The molecule has 2 fully saturated rings. The Morgan fingerprint density at radius 1 is 1.03 bits per heavy atom. The molecule has 30 heavy (non-hydrogen) atoms. The number of carbonyl (C=O) groups is 2. The zero-order valence-corrected chi connectivity index (χ0v) is 16.8. The Morgan fingerprint density at radius 3 is 2.17 bits per heavy atom. The second-order valence-corrected chi connectivity index (χ2v) is 9.54. The van der Waals surface area contributed by atoms with E-state index < -0.39 is 33.9 Å². The molecule has 1 heterocycles. The third-order valence-electron chi connectivity index (χ3n) is 4.98. The Balaban J connectivity index is 1.40. The number of nitrogens with one attached hydrogen (secondary N) is 2. The summed E-state index contributed by atoms with van der Waals surface area (Å²) in [6.45, 7) is 1.04. The third kappa shape index (κ3) is 6.08. The first-order valence-electron chi connectivity index (χ1n) is 9.48. The van der Waals surface area contributed by atoms with Crippen LogP contribution < -0.4 is 15.4 Å². The molecule has 1 aliphatic carbocycles. The highest BCUT2D eigenvalue weighted by atomic mass is 32.2. The lowest BCUT2D eigenvalue weighted by molar-refractivity contribution is -0.274. The number of ether oxygens (including phenoxy) is 1. The molecule has 1 aromatic rings. The van der Waals surface area contributed by atoms with Crippen LogP contribution in [0, 0.1) is 5.92 Å². The van der Waals surface area contributed by atoms with E-state index in [0.717, 1.165) is 12.1 Å². The number of hydrogen-bond donors (Lipinski definition) is 2. The molecule has 0 aromatic heterocycles. The van der Waals surface area contributed by atoms with Gasteiger partial charge in [0.05, 0.1) is 5.25 Å². The number of anilines is 1. The van der Waals surface area contributed by atoms with E-state index >= 15 is 0 Å². The zero-order valence-electron chi connectivity index (χ0n) is 15.9. The van der Waals surface area contributed by atoms with Crippen molar-refractivity contribution in [2.75, 3.05) is 25.0 Å². The quantitative estimate of drug-likeness (QED) is 0.645. The van der Waals surface area contributed by atoms with Crippen molar-refractivity contribution in [1.82, 2.24) is 9.62 Å². The standard InChI is InChI=1S/C18H22F3N3O5S/c19-18(20,21)29-14-3-1-13(2-4-14)23-17(26)16(25)22-11-12-7-9-24(10-8-12)30(27,28)15-5-6-15/h1-4,12,15H,5-11H2,(H,22,25)(H,23,26). The minimum Gasteiger partial charge on any atom is -0.406 e. The predicted octanol–water partition coefficient (Wildman–Crippen LogP) is 1.84. The lowest BCUT2D eigenvalue weighted by Crippen LogP contribution is -2.44. The van der Waals surface area contributed by atoms with E-state index in [1.807, 2.05) is 0 Å². The molecular formula is C18H22F3N3O5S. The molecular weight excluding hydrogens is 427 g/mol. The maximum absolute atomic E-state index is 12.2. The number of benzene rings is 1. The van der Waals surface area contributed by atoms with Crippen molar-refractivity contribution in [3.05, 3.63) is 24.3 Å². The molecule has 0 bridgehead atoms. The molecule has 0 atom stereocenters. The molecule has 3 rings (SSSR count). The summed E-state index contributed by atoms with van der Waals surface area (Å²) in [5, 5.41) is 4.56. The number of amides is 2. The molecule has 8 nitrogen and oxygen atoms in total. The number of piperidine rings is 1. The number of sulfonamides is 1. The van der Waals surface area contributed by atoms with Crippen molar-refractivity contribution in [3.8, 4) is 5.75 Å². The van der Waals surface area contributed by atoms with E-state index in [1.165, 1.54) is 16.4 Å². The third-order valence-corrected chi connectivity index (χ3v) is 7.38. The fourth-order valence-electron chi connectivity index (χ4n) is 3.19. The minimum absolute atomic E-state index is 0.0613. The van der Waals surface area contributed by atoms with Gasteiger partial charge in [-0.1, -0.05) is 0 Å². The maximum atomic E-state index is 12.2. The monoisotopic (exact) mass is 449 g/mol. The average molecular weight is 449 g/mol. The topological polar surface area (TPSA) is 105 Å². The summed E-state index contributed by atoms with van der Waals surface area (Å²) >= 11 is 0. The van der Waals surface area contributed by atoms with Gasteiger partial charge in [0.1, 0.15) is 5.75 Å². The molecule has 2 aliphatic rings. The van der Waals surface area contributed by atoms with Crippen LogP contribution in [0.1, 0.15) is 25.7 Å².